The van der Waals surface area contributed by atoms with Gasteiger partial charge in [0, 0.05) is 35.2 Å². The molecule has 2 aromatic carbocycles. The predicted octanol–water partition coefficient (Wildman–Crippen LogP) is 4.45. The topological polar surface area (TPSA) is 37.4 Å². The van der Waals surface area contributed by atoms with Gasteiger partial charge in [-0.1, -0.05) is 40.2 Å². The van der Waals surface area contributed by atoms with E-state index < -0.39 is 0 Å². The number of anilines is 2. The van der Waals surface area contributed by atoms with Gasteiger partial charge in [0.15, 0.2) is 0 Å². The zero-order valence-electron chi connectivity index (χ0n) is 13.9. The summed E-state index contributed by atoms with van der Waals surface area (Å²) in [6, 6.07) is 18.8. The molecule has 25 heavy (non-hydrogen) atoms. The molecule has 0 amide bonds. The number of pyridine rings is 1. The summed E-state index contributed by atoms with van der Waals surface area (Å²) in [6.45, 7) is 4.16. The minimum Gasteiger partial charge on any atom is -0.378 e. The highest BCUT2D eigenvalue weighted by Crippen LogP contribution is 2.27. The Hall–Kier alpha value is -2.11. The molecule has 2 heterocycles. The normalized spacial score (nSPS) is 14.7. The molecule has 5 heteroatoms. The Labute approximate surface area is 155 Å². The van der Waals surface area contributed by atoms with Gasteiger partial charge in [0.2, 0.25) is 0 Å². The molecule has 1 aliphatic heterocycles. The second-order valence-corrected chi connectivity index (χ2v) is 7.03. The Morgan fingerprint density at radius 2 is 1.88 bits per heavy atom. The van der Waals surface area contributed by atoms with Crippen molar-refractivity contribution in [3.05, 3.63) is 64.6 Å². The van der Waals surface area contributed by atoms with Gasteiger partial charge in [-0.3, -0.25) is 0 Å². The lowest BCUT2D eigenvalue weighted by molar-refractivity contribution is 0.122. The van der Waals surface area contributed by atoms with Crippen molar-refractivity contribution in [3.8, 4) is 0 Å². The number of morpholine rings is 1. The van der Waals surface area contributed by atoms with E-state index in [2.05, 4.69) is 56.5 Å². The van der Waals surface area contributed by atoms with Crippen molar-refractivity contribution < 1.29 is 4.74 Å². The van der Waals surface area contributed by atoms with Crippen LogP contribution < -0.4 is 10.2 Å². The molecular weight excluding hydrogens is 378 g/mol. The first kappa shape index (κ1) is 16.4. The van der Waals surface area contributed by atoms with Crippen molar-refractivity contribution in [2.24, 2.45) is 0 Å². The molecule has 4 rings (SSSR count). The molecule has 1 N–H and O–H groups in total. The van der Waals surface area contributed by atoms with E-state index in [9.17, 15) is 0 Å². The highest BCUT2D eigenvalue weighted by Gasteiger charge is 2.15. The summed E-state index contributed by atoms with van der Waals surface area (Å²) in [6.07, 6.45) is 0. The second kappa shape index (κ2) is 7.42. The van der Waals surface area contributed by atoms with Crippen LogP contribution in [0.1, 0.15) is 5.56 Å². The number of nitrogens with zero attached hydrogens (tertiary/aromatic N) is 2. The SMILES string of the molecule is Brc1ccc(CNc2ccc3ccccc3n2)c(N2CCOCC2)c1. The van der Waals surface area contributed by atoms with E-state index >= 15 is 0 Å². The number of ether oxygens (including phenoxy) is 1. The van der Waals surface area contributed by atoms with Crippen molar-refractivity contribution >= 4 is 38.3 Å². The number of para-hydroxylation sites is 1. The summed E-state index contributed by atoms with van der Waals surface area (Å²) in [5.74, 6) is 0.898. The van der Waals surface area contributed by atoms with E-state index in [0.717, 1.165) is 54.0 Å². The largest absolute Gasteiger partial charge is 0.378 e. The summed E-state index contributed by atoms with van der Waals surface area (Å²) in [5, 5.41) is 4.63. The van der Waals surface area contributed by atoms with Crippen molar-refractivity contribution in [2.75, 3.05) is 36.5 Å². The molecular formula is C20H20BrN3O. The molecule has 128 valence electrons. The van der Waals surface area contributed by atoms with Crippen LogP contribution in [-0.2, 0) is 11.3 Å². The van der Waals surface area contributed by atoms with Crippen LogP contribution in [0.25, 0.3) is 10.9 Å². The third-order valence-electron chi connectivity index (χ3n) is 4.46. The van der Waals surface area contributed by atoms with Crippen molar-refractivity contribution in [2.45, 2.75) is 6.54 Å². The number of fused-ring (bicyclic) bond motifs is 1. The third-order valence-corrected chi connectivity index (χ3v) is 4.95. The molecule has 3 aromatic rings. The van der Waals surface area contributed by atoms with Gasteiger partial charge in [0.05, 0.1) is 18.7 Å². The van der Waals surface area contributed by atoms with E-state index in [1.807, 2.05) is 24.3 Å². The summed E-state index contributed by atoms with van der Waals surface area (Å²) < 4.78 is 6.58. The third kappa shape index (κ3) is 3.78. The van der Waals surface area contributed by atoms with Crippen LogP contribution in [-0.4, -0.2) is 31.3 Å². The van der Waals surface area contributed by atoms with Crippen molar-refractivity contribution in [1.29, 1.82) is 0 Å². The molecule has 1 aromatic heterocycles. The minimum atomic E-state index is 0.741. The molecule has 0 atom stereocenters. The van der Waals surface area contributed by atoms with Crippen molar-refractivity contribution in [3.63, 3.8) is 0 Å². The molecule has 0 spiro atoms. The molecule has 0 bridgehead atoms. The van der Waals surface area contributed by atoms with E-state index in [4.69, 9.17) is 9.72 Å². The van der Waals surface area contributed by atoms with Gasteiger partial charge in [0.25, 0.3) is 0 Å². The van der Waals surface area contributed by atoms with Gasteiger partial charge >= 0.3 is 0 Å². The predicted molar refractivity (Wildman–Crippen MR) is 106 cm³/mol. The van der Waals surface area contributed by atoms with Crippen molar-refractivity contribution in [1.82, 2.24) is 4.98 Å². The Morgan fingerprint density at radius 1 is 1.04 bits per heavy atom. The molecule has 0 radical (unpaired) electrons. The number of benzene rings is 2. The first-order valence-corrected chi connectivity index (χ1v) is 9.30. The zero-order chi connectivity index (χ0) is 17.1. The lowest BCUT2D eigenvalue weighted by atomic mass is 10.1. The number of aromatic nitrogens is 1. The average molecular weight is 398 g/mol. The number of rotatable bonds is 4. The summed E-state index contributed by atoms with van der Waals surface area (Å²) in [4.78, 5) is 7.08. The zero-order valence-corrected chi connectivity index (χ0v) is 15.5. The minimum absolute atomic E-state index is 0.741. The first-order valence-electron chi connectivity index (χ1n) is 8.50. The Balaban J connectivity index is 1.55. The molecule has 0 aliphatic carbocycles. The lowest BCUT2D eigenvalue weighted by Crippen LogP contribution is -2.36. The van der Waals surface area contributed by atoms with Crippen LogP contribution in [0.5, 0.6) is 0 Å². The fourth-order valence-electron chi connectivity index (χ4n) is 3.14. The van der Waals surface area contributed by atoms with E-state index in [0.29, 0.717) is 0 Å². The second-order valence-electron chi connectivity index (χ2n) is 6.12. The molecule has 1 aliphatic rings. The maximum absolute atomic E-state index is 5.48. The van der Waals surface area contributed by atoms with Gasteiger partial charge < -0.3 is 15.0 Å². The maximum Gasteiger partial charge on any atom is 0.126 e. The van der Waals surface area contributed by atoms with Gasteiger partial charge in [-0.25, -0.2) is 4.98 Å². The van der Waals surface area contributed by atoms with Crippen LogP contribution in [0.15, 0.2) is 59.1 Å². The quantitative estimate of drug-likeness (QED) is 0.705. The summed E-state index contributed by atoms with van der Waals surface area (Å²) >= 11 is 3.60. The maximum atomic E-state index is 5.48. The van der Waals surface area contributed by atoms with Crippen LogP contribution >= 0.6 is 15.9 Å². The number of hydrogen-bond donors (Lipinski definition) is 1. The van der Waals surface area contributed by atoms with E-state index in [1.165, 1.54) is 11.3 Å². The monoisotopic (exact) mass is 397 g/mol. The van der Waals surface area contributed by atoms with Crippen LogP contribution in [0.3, 0.4) is 0 Å². The smallest absolute Gasteiger partial charge is 0.126 e. The van der Waals surface area contributed by atoms with Gasteiger partial charge in [-0.05, 0) is 35.9 Å². The highest BCUT2D eigenvalue weighted by atomic mass is 79.9. The fraction of sp³-hybridized carbons (Fsp3) is 0.250. The van der Waals surface area contributed by atoms with Gasteiger partial charge in [0.1, 0.15) is 5.82 Å². The number of halogens is 1. The van der Waals surface area contributed by atoms with Crippen LogP contribution in [0.2, 0.25) is 0 Å². The fourth-order valence-corrected chi connectivity index (χ4v) is 3.48. The molecule has 1 saturated heterocycles. The van der Waals surface area contributed by atoms with E-state index in [-0.39, 0.29) is 0 Å². The highest BCUT2D eigenvalue weighted by molar-refractivity contribution is 9.10. The molecule has 1 fully saturated rings. The molecule has 0 unspecified atom stereocenters. The molecule has 4 nitrogen and oxygen atoms in total. The van der Waals surface area contributed by atoms with Crippen LogP contribution in [0.4, 0.5) is 11.5 Å². The standard InChI is InChI=1S/C20H20BrN3O/c21-17-7-5-16(19(13-17)24-9-11-25-12-10-24)14-22-20-8-6-15-3-1-2-4-18(15)23-20/h1-8,13H,9-12,14H2,(H,22,23). The number of nitrogens with one attached hydrogen (secondary N) is 1. The Kier molecular flexibility index (Phi) is 4.85. The van der Waals surface area contributed by atoms with Gasteiger partial charge in [-0.15, -0.1) is 0 Å². The van der Waals surface area contributed by atoms with E-state index in [1.54, 1.807) is 0 Å². The average Bonchev–Trinajstić information content (AvgIpc) is 2.67. The van der Waals surface area contributed by atoms with Crippen LogP contribution in [0, 0.1) is 0 Å². The Bertz CT molecular complexity index is 878. The molecule has 0 saturated carbocycles. The lowest BCUT2D eigenvalue weighted by Gasteiger charge is -2.31. The first-order chi connectivity index (χ1) is 12.3. The Morgan fingerprint density at radius 3 is 2.76 bits per heavy atom. The van der Waals surface area contributed by atoms with Gasteiger partial charge in [-0.2, -0.15) is 0 Å². The number of hydrogen-bond acceptors (Lipinski definition) is 4. The summed E-state index contributed by atoms with van der Waals surface area (Å²) in [7, 11) is 0. The summed E-state index contributed by atoms with van der Waals surface area (Å²) in [5.41, 5.74) is 3.53.